The van der Waals surface area contributed by atoms with E-state index in [2.05, 4.69) is 35.5 Å². The van der Waals surface area contributed by atoms with Gasteiger partial charge in [-0.2, -0.15) is 15.0 Å². The lowest BCUT2D eigenvalue weighted by atomic mass is 10.3. The minimum atomic E-state index is -0.250. The number of nitrogens with two attached hydrogens (primary N) is 1. The molecule has 4 rings (SSSR count). The number of nitrogens with zero attached hydrogens (tertiary/aromatic N) is 5. The molecule has 0 saturated heterocycles. The summed E-state index contributed by atoms with van der Waals surface area (Å²) < 4.78 is 1.71. The van der Waals surface area contributed by atoms with Gasteiger partial charge in [-0.1, -0.05) is 12.1 Å². The summed E-state index contributed by atoms with van der Waals surface area (Å²) in [4.78, 5) is 28.3. The van der Waals surface area contributed by atoms with Crippen LogP contribution in [0.5, 0.6) is 0 Å². The average molecular weight is 323 g/mol. The van der Waals surface area contributed by atoms with Crippen LogP contribution in [0.25, 0.3) is 17.0 Å². The largest absolute Gasteiger partial charge is 0.368 e. The molecule has 3 heterocycles. The van der Waals surface area contributed by atoms with Crippen LogP contribution in [0.2, 0.25) is 0 Å². The van der Waals surface area contributed by atoms with Crippen LogP contribution in [0.4, 0.5) is 17.7 Å². The predicted octanol–water partition coefficient (Wildman–Crippen LogP) is 0.861. The van der Waals surface area contributed by atoms with Gasteiger partial charge in [0.2, 0.25) is 17.8 Å². The zero-order valence-corrected chi connectivity index (χ0v) is 12.6. The molecule has 0 fully saturated rings. The van der Waals surface area contributed by atoms with Crippen LogP contribution < -0.4 is 16.6 Å². The Morgan fingerprint density at radius 2 is 1.96 bits per heavy atom. The Morgan fingerprint density at radius 3 is 2.71 bits per heavy atom. The van der Waals surface area contributed by atoms with Crippen molar-refractivity contribution in [2.24, 2.45) is 0 Å². The number of fused-ring (bicyclic) bond motifs is 1. The molecule has 0 spiro atoms. The number of benzene rings is 1. The third-order valence-corrected chi connectivity index (χ3v) is 3.36. The van der Waals surface area contributed by atoms with Crippen molar-refractivity contribution in [2.45, 2.75) is 6.92 Å². The summed E-state index contributed by atoms with van der Waals surface area (Å²) in [5.41, 5.74) is 7.04. The summed E-state index contributed by atoms with van der Waals surface area (Å²) in [5, 5.41) is 8.22. The topological polar surface area (TPSA) is 143 Å². The third kappa shape index (κ3) is 2.35. The number of nitrogens with one attached hydrogen (secondary N) is 3. The van der Waals surface area contributed by atoms with Crippen LogP contribution in [0, 0.1) is 6.92 Å². The highest BCUT2D eigenvalue weighted by atomic mass is 16.1. The Morgan fingerprint density at radius 1 is 1.12 bits per heavy atom. The van der Waals surface area contributed by atoms with Crippen molar-refractivity contribution in [2.75, 3.05) is 11.1 Å². The molecule has 0 bridgehead atoms. The van der Waals surface area contributed by atoms with E-state index in [-0.39, 0.29) is 11.5 Å². The monoisotopic (exact) mass is 323 g/mol. The number of imidazole rings is 1. The molecule has 0 saturated carbocycles. The molecule has 3 aromatic heterocycles. The van der Waals surface area contributed by atoms with E-state index in [1.165, 1.54) is 6.07 Å². The van der Waals surface area contributed by atoms with Gasteiger partial charge in [0, 0.05) is 6.07 Å². The number of aromatic amines is 2. The number of anilines is 3. The van der Waals surface area contributed by atoms with Crippen molar-refractivity contribution in [3.8, 4) is 5.95 Å². The molecule has 0 atom stereocenters. The second-order valence-electron chi connectivity index (χ2n) is 5.10. The van der Waals surface area contributed by atoms with Crippen LogP contribution in [-0.2, 0) is 0 Å². The molecular weight excluding hydrogens is 310 g/mol. The fourth-order valence-electron chi connectivity index (χ4n) is 2.42. The van der Waals surface area contributed by atoms with E-state index in [9.17, 15) is 4.79 Å². The lowest BCUT2D eigenvalue weighted by Gasteiger charge is -2.08. The zero-order valence-electron chi connectivity index (χ0n) is 12.6. The van der Waals surface area contributed by atoms with Crippen LogP contribution >= 0.6 is 0 Å². The van der Waals surface area contributed by atoms with E-state index in [1.807, 2.05) is 24.3 Å². The maximum absolute atomic E-state index is 11.3. The number of hydrogen-bond donors (Lipinski definition) is 4. The molecule has 24 heavy (non-hydrogen) atoms. The average Bonchev–Trinajstić information content (AvgIpc) is 3.09. The van der Waals surface area contributed by atoms with Crippen molar-refractivity contribution < 1.29 is 0 Å². The normalized spacial score (nSPS) is 11.0. The standard InChI is InChI=1S/C14H13N9O/c1-7-16-12(15)20-13(17-7)23-9-5-3-2-4-8(9)18-14(23)19-10-6-11(24)22-21-10/h2-6H,1H3,(H2,15,16,17,20)(H3,18,19,21,22,24). The fourth-order valence-corrected chi connectivity index (χ4v) is 2.42. The van der Waals surface area contributed by atoms with Gasteiger partial charge in [-0.3, -0.25) is 15.0 Å². The lowest BCUT2D eigenvalue weighted by molar-refractivity contribution is 0.892. The Labute approximate surface area is 134 Å². The van der Waals surface area contributed by atoms with Gasteiger partial charge in [0.15, 0.2) is 0 Å². The molecule has 1 aromatic carbocycles. The summed E-state index contributed by atoms with van der Waals surface area (Å²) in [7, 11) is 0. The van der Waals surface area contributed by atoms with Crippen molar-refractivity contribution in [1.82, 2.24) is 34.7 Å². The number of aryl methyl sites for hydroxylation is 1. The smallest absolute Gasteiger partial charge is 0.266 e. The Hall–Kier alpha value is -3.69. The molecule has 0 radical (unpaired) electrons. The first-order chi connectivity index (χ1) is 11.6. The summed E-state index contributed by atoms with van der Waals surface area (Å²) in [5.74, 6) is 1.87. The SMILES string of the molecule is Cc1nc(N)nc(-n2c(Nc3cc(=O)[nH][nH]3)nc3ccccc32)n1. The summed E-state index contributed by atoms with van der Waals surface area (Å²) in [6.07, 6.45) is 0. The van der Waals surface area contributed by atoms with Gasteiger partial charge in [-0.05, 0) is 19.1 Å². The second-order valence-corrected chi connectivity index (χ2v) is 5.10. The van der Waals surface area contributed by atoms with Gasteiger partial charge in [-0.25, -0.2) is 9.55 Å². The zero-order chi connectivity index (χ0) is 16.7. The number of para-hydroxylation sites is 2. The molecule has 0 unspecified atom stereocenters. The van der Waals surface area contributed by atoms with Gasteiger partial charge in [0.1, 0.15) is 11.6 Å². The first-order valence-electron chi connectivity index (χ1n) is 7.11. The van der Waals surface area contributed by atoms with E-state index < -0.39 is 0 Å². The molecule has 4 aromatic rings. The minimum absolute atomic E-state index is 0.122. The van der Waals surface area contributed by atoms with Gasteiger partial charge in [0.25, 0.3) is 5.56 Å². The van der Waals surface area contributed by atoms with E-state index in [0.29, 0.717) is 23.5 Å². The first-order valence-corrected chi connectivity index (χ1v) is 7.11. The minimum Gasteiger partial charge on any atom is -0.368 e. The molecule has 5 N–H and O–H groups in total. The van der Waals surface area contributed by atoms with E-state index in [1.54, 1.807) is 11.5 Å². The summed E-state index contributed by atoms with van der Waals surface area (Å²) >= 11 is 0. The lowest BCUT2D eigenvalue weighted by Crippen LogP contribution is -2.10. The molecule has 0 amide bonds. The van der Waals surface area contributed by atoms with E-state index in [0.717, 1.165) is 11.0 Å². The molecule has 10 nitrogen and oxygen atoms in total. The van der Waals surface area contributed by atoms with Crippen molar-refractivity contribution in [1.29, 1.82) is 0 Å². The van der Waals surface area contributed by atoms with Crippen molar-refractivity contribution >= 4 is 28.7 Å². The Kier molecular flexibility index (Phi) is 3.02. The number of aromatic nitrogens is 7. The number of hydrogen-bond acceptors (Lipinski definition) is 7. The first kappa shape index (κ1) is 13.9. The van der Waals surface area contributed by atoms with Crippen LogP contribution in [-0.4, -0.2) is 34.7 Å². The highest BCUT2D eigenvalue weighted by Crippen LogP contribution is 2.24. The molecule has 120 valence electrons. The highest BCUT2D eigenvalue weighted by Gasteiger charge is 2.16. The summed E-state index contributed by atoms with van der Waals surface area (Å²) in [6.45, 7) is 1.73. The van der Waals surface area contributed by atoms with E-state index in [4.69, 9.17) is 5.73 Å². The van der Waals surface area contributed by atoms with Crippen molar-refractivity contribution in [3.63, 3.8) is 0 Å². The maximum Gasteiger partial charge on any atom is 0.266 e. The highest BCUT2D eigenvalue weighted by molar-refractivity contribution is 5.81. The van der Waals surface area contributed by atoms with E-state index >= 15 is 0 Å². The quantitative estimate of drug-likeness (QED) is 0.438. The van der Waals surface area contributed by atoms with Gasteiger partial charge in [0.05, 0.1) is 11.0 Å². The number of nitrogen functional groups attached to an aromatic ring is 1. The number of H-pyrrole nitrogens is 2. The summed E-state index contributed by atoms with van der Waals surface area (Å²) in [6, 6.07) is 8.92. The van der Waals surface area contributed by atoms with Gasteiger partial charge < -0.3 is 11.1 Å². The Bertz CT molecular complexity index is 1070. The van der Waals surface area contributed by atoms with Gasteiger partial charge >= 0.3 is 0 Å². The molecular formula is C14H13N9O. The molecule has 0 aliphatic rings. The fraction of sp³-hybridized carbons (Fsp3) is 0.0714. The maximum atomic E-state index is 11.3. The molecule has 0 aliphatic carbocycles. The van der Waals surface area contributed by atoms with Crippen molar-refractivity contribution in [3.05, 3.63) is 46.5 Å². The van der Waals surface area contributed by atoms with Gasteiger partial charge in [-0.15, -0.1) is 0 Å². The molecule has 10 heteroatoms. The third-order valence-electron chi connectivity index (χ3n) is 3.36. The Balaban J connectivity index is 1.94. The second kappa shape index (κ2) is 5.19. The number of rotatable bonds is 3. The van der Waals surface area contributed by atoms with Crippen LogP contribution in [0.15, 0.2) is 35.1 Å². The molecule has 0 aliphatic heterocycles. The predicted molar refractivity (Wildman–Crippen MR) is 88.3 cm³/mol. The van der Waals surface area contributed by atoms with Crippen LogP contribution in [0.1, 0.15) is 5.82 Å². The van der Waals surface area contributed by atoms with Crippen LogP contribution in [0.3, 0.4) is 0 Å².